The lowest BCUT2D eigenvalue weighted by Gasteiger charge is -2.44. The van der Waals surface area contributed by atoms with E-state index in [1.807, 2.05) is 11.8 Å². The lowest BCUT2D eigenvalue weighted by Crippen LogP contribution is -2.52. The summed E-state index contributed by atoms with van der Waals surface area (Å²) in [6, 6.07) is 13.4. The predicted octanol–water partition coefficient (Wildman–Crippen LogP) is 4.68. The summed E-state index contributed by atoms with van der Waals surface area (Å²) in [4.78, 5) is 22.1. The highest BCUT2D eigenvalue weighted by Gasteiger charge is 2.34. The Morgan fingerprint density at radius 2 is 1.86 bits per heavy atom. The molecule has 36 heavy (non-hydrogen) atoms. The van der Waals surface area contributed by atoms with Gasteiger partial charge in [-0.1, -0.05) is 23.7 Å². The Balaban J connectivity index is 1.19. The molecule has 190 valence electrons. The van der Waals surface area contributed by atoms with Crippen molar-refractivity contribution in [2.45, 2.75) is 38.6 Å². The summed E-state index contributed by atoms with van der Waals surface area (Å²) in [5.74, 6) is 0.822. The first kappa shape index (κ1) is 25.0. The summed E-state index contributed by atoms with van der Waals surface area (Å²) in [6.45, 7) is 5.54. The molecule has 5 rings (SSSR count). The van der Waals surface area contributed by atoms with Gasteiger partial charge in [-0.15, -0.1) is 0 Å². The van der Waals surface area contributed by atoms with Crippen molar-refractivity contribution in [1.29, 1.82) is 0 Å². The minimum Gasteiger partial charge on any atom is -0.508 e. The average molecular weight is 508 g/mol. The molecule has 0 aliphatic carbocycles. The third-order valence-corrected chi connectivity index (χ3v) is 8.52. The molecule has 2 saturated heterocycles. The van der Waals surface area contributed by atoms with Crippen LogP contribution in [0.15, 0.2) is 48.7 Å². The van der Waals surface area contributed by atoms with Crippen molar-refractivity contribution in [2.24, 2.45) is 11.8 Å². The molecule has 2 aliphatic rings. The molecular formula is C29H34ClN3O3. The number of phenols is 1. The first-order chi connectivity index (χ1) is 17.4. The number of aromatic hydroxyl groups is 1. The smallest absolute Gasteiger partial charge is 0.254 e. The number of amides is 1. The molecule has 0 spiro atoms. The van der Waals surface area contributed by atoms with Crippen molar-refractivity contribution >= 4 is 28.4 Å². The van der Waals surface area contributed by atoms with Crippen LogP contribution in [0.25, 0.3) is 10.9 Å². The van der Waals surface area contributed by atoms with Gasteiger partial charge in [0.15, 0.2) is 0 Å². The Bertz CT molecular complexity index is 1240. The zero-order valence-corrected chi connectivity index (χ0v) is 21.5. The number of aryl methyl sites for hydroxylation is 1. The molecule has 0 saturated carbocycles. The van der Waals surface area contributed by atoms with Gasteiger partial charge in [0.2, 0.25) is 0 Å². The Kier molecular flexibility index (Phi) is 7.47. The van der Waals surface area contributed by atoms with Gasteiger partial charge >= 0.3 is 0 Å². The number of aliphatic hydroxyl groups is 1. The van der Waals surface area contributed by atoms with Crippen molar-refractivity contribution in [3.05, 3.63) is 70.4 Å². The van der Waals surface area contributed by atoms with Crippen molar-refractivity contribution in [3.8, 4) is 5.75 Å². The van der Waals surface area contributed by atoms with Gasteiger partial charge in [-0.2, -0.15) is 0 Å². The van der Waals surface area contributed by atoms with E-state index in [0.29, 0.717) is 41.5 Å². The number of nitrogens with zero attached hydrogens (tertiary/aromatic N) is 3. The number of likely N-dealkylation sites (tertiary alicyclic amines) is 2. The van der Waals surface area contributed by atoms with Gasteiger partial charge in [-0.3, -0.25) is 14.7 Å². The molecule has 1 amide bonds. The number of aliphatic hydroxyl groups excluding tert-OH is 1. The monoisotopic (exact) mass is 507 g/mol. The third-order valence-electron chi connectivity index (χ3n) is 8.12. The largest absolute Gasteiger partial charge is 0.508 e. The van der Waals surface area contributed by atoms with E-state index in [4.69, 9.17) is 11.6 Å². The van der Waals surface area contributed by atoms with Gasteiger partial charge in [0.05, 0.1) is 11.1 Å². The summed E-state index contributed by atoms with van der Waals surface area (Å²) in [5.41, 5.74) is 3.63. The number of phenolic OH excluding ortho intramolecular Hbond substituents is 1. The van der Waals surface area contributed by atoms with Crippen LogP contribution < -0.4 is 0 Å². The molecule has 0 bridgehead atoms. The van der Waals surface area contributed by atoms with Crippen LogP contribution in [0.1, 0.15) is 40.7 Å². The Morgan fingerprint density at radius 1 is 1.06 bits per heavy atom. The van der Waals surface area contributed by atoms with Crippen molar-refractivity contribution < 1.29 is 15.0 Å². The van der Waals surface area contributed by atoms with Gasteiger partial charge in [0.25, 0.3) is 5.91 Å². The fourth-order valence-electron chi connectivity index (χ4n) is 5.91. The summed E-state index contributed by atoms with van der Waals surface area (Å²) in [5, 5.41) is 21.6. The first-order valence-corrected chi connectivity index (χ1v) is 13.3. The van der Waals surface area contributed by atoms with Gasteiger partial charge in [-0.25, -0.2) is 0 Å². The van der Waals surface area contributed by atoms with E-state index in [-0.39, 0.29) is 24.2 Å². The van der Waals surface area contributed by atoms with E-state index in [0.717, 1.165) is 49.4 Å². The molecule has 2 aliphatic heterocycles. The van der Waals surface area contributed by atoms with E-state index in [1.54, 1.807) is 30.5 Å². The molecule has 2 N–H and O–H groups in total. The van der Waals surface area contributed by atoms with Gasteiger partial charge in [0, 0.05) is 48.9 Å². The van der Waals surface area contributed by atoms with Crippen LogP contribution in [-0.4, -0.2) is 69.7 Å². The standard InChI is InChI=1S/C29H34ClN3O3/c1-19-2-3-20(15-27(19)30)14-21-7-11-33(17-22(21)18-34)23-8-12-32(13-9-23)29(36)25-6-10-31-28-5-4-24(35)16-26(25)28/h2-6,10,15-16,21-23,34-35H,7-9,11-14,17-18H2,1H3/t21?,22-/m0/s1. The molecule has 6 nitrogen and oxygen atoms in total. The number of carbonyl (C=O) groups excluding carboxylic acids is 1. The van der Waals surface area contributed by atoms with E-state index in [9.17, 15) is 15.0 Å². The molecule has 2 atom stereocenters. The molecule has 7 heteroatoms. The Hall–Kier alpha value is -2.67. The SMILES string of the molecule is Cc1ccc(CC2CCN(C3CCN(C(=O)c4ccnc5ccc(O)cc45)CC3)C[C@H]2CO)cc1Cl. The maximum absolute atomic E-state index is 13.3. The number of rotatable bonds is 5. The number of aromatic nitrogens is 1. The zero-order chi connectivity index (χ0) is 25.2. The molecule has 0 radical (unpaired) electrons. The van der Waals surface area contributed by atoms with Crippen LogP contribution in [0.2, 0.25) is 5.02 Å². The van der Waals surface area contributed by atoms with E-state index < -0.39 is 0 Å². The molecule has 3 aromatic rings. The summed E-state index contributed by atoms with van der Waals surface area (Å²) in [7, 11) is 0. The highest BCUT2D eigenvalue weighted by atomic mass is 35.5. The maximum atomic E-state index is 13.3. The number of carbonyl (C=O) groups is 1. The highest BCUT2D eigenvalue weighted by molar-refractivity contribution is 6.31. The van der Waals surface area contributed by atoms with E-state index in [2.05, 4.69) is 28.1 Å². The summed E-state index contributed by atoms with van der Waals surface area (Å²) in [6.07, 6.45) is 5.51. The first-order valence-electron chi connectivity index (χ1n) is 12.9. The molecule has 1 unspecified atom stereocenters. The average Bonchev–Trinajstić information content (AvgIpc) is 2.90. The molecule has 2 aromatic carbocycles. The van der Waals surface area contributed by atoms with Crippen LogP contribution in [0.4, 0.5) is 0 Å². The van der Waals surface area contributed by atoms with Gasteiger partial charge in [0.1, 0.15) is 5.75 Å². The molecule has 2 fully saturated rings. The molecule has 1 aromatic heterocycles. The number of fused-ring (bicyclic) bond motifs is 1. The number of pyridine rings is 1. The number of benzene rings is 2. The van der Waals surface area contributed by atoms with Gasteiger partial charge in [-0.05, 0) is 92.4 Å². The number of hydrogen-bond donors (Lipinski definition) is 2. The minimum absolute atomic E-state index is 0.00449. The molecule has 3 heterocycles. The predicted molar refractivity (Wildman–Crippen MR) is 142 cm³/mol. The van der Waals surface area contributed by atoms with Crippen LogP contribution in [0.3, 0.4) is 0 Å². The maximum Gasteiger partial charge on any atom is 0.254 e. The lowest BCUT2D eigenvalue weighted by atomic mass is 9.80. The molecular weight excluding hydrogens is 474 g/mol. The number of halogens is 1. The van der Waals surface area contributed by atoms with E-state index >= 15 is 0 Å². The number of hydrogen-bond acceptors (Lipinski definition) is 5. The normalized spacial score (nSPS) is 21.7. The van der Waals surface area contributed by atoms with Crippen molar-refractivity contribution in [2.75, 3.05) is 32.8 Å². The van der Waals surface area contributed by atoms with Crippen LogP contribution >= 0.6 is 11.6 Å². The van der Waals surface area contributed by atoms with Crippen LogP contribution in [0, 0.1) is 18.8 Å². The van der Waals surface area contributed by atoms with Crippen LogP contribution in [-0.2, 0) is 6.42 Å². The second-order valence-electron chi connectivity index (χ2n) is 10.4. The Labute approximate surface area is 217 Å². The third kappa shape index (κ3) is 5.22. The number of piperidine rings is 2. The minimum atomic E-state index is -0.00449. The topological polar surface area (TPSA) is 76.9 Å². The van der Waals surface area contributed by atoms with Crippen molar-refractivity contribution in [3.63, 3.8) is 0 Å². The van der Waals surface area contributed by atoms with Crippen molar-refractivity contribution in [1.82, 2.24) is 14.8 Å². The van der Waals surface area contributed by atoms with E-state index in [1.165, 1.54) is 5.56 Å². The Morgan fingerprint density at radius 3 is 2.61 bits per heavy atom. The summed E-state index contributed by atoms with van der Waals surface area (Å²) < 4.78 is 0. The lowest BCUT2D eigenvalue weighted by molar-refractivity contribution is 0.0242. The fourth-order valence-corrected chi connectivity index (χ4v) is 6.11. The second kappa shape index (κ2) is 10.8. The quantitative estimate of drug-likeness (QED) is 0.524. The highest BCUT2D eigenvalue weighted by Crippen LogP contribution is 2.32. The van der Waals surface area contributed by atoms with Gasteiger partial charge < -0.3 is 15.1 Å². The second-order valence-corrected chi connectivity index (χ2v) is 10.8. The zero-order valence-electron chi connectivity index (χ0n) is 20.7. The summed E-state index contributed by atoms with van der Waals surface area (Å²) >= 11 is 6.34. The van der Waals surface area contributed by atoms with Crippen LogP contribution in [0.5, 0.6) is 5.75 Å². The fraction of sp³-hybridized carbons (Fsp3) is 0.448.